The van der Waals surface area contributed by atoms with Gasteiger partial charge in [0.15, 0.2) is 0 Å². The van der Waals surface area contributed by atoms with Crippen LogP contribution in [0.1, 0.15) is 0 Å². The minimum atomic E-state index is 0. The second-order valence-electron chi connectivity index (χ2n) is 0.0745. The molecule has 0 spiro atoms. The van der Waals surface area contributed by atoms with Crippen LogP contribution >= 0.6 is 0 Å². The van der Waals surface area contributed by atoms with E-state index in [2.05, 4.69) is 0 Å². The van der Waals surface area contributed by atoms with E-state index in [-0.39, 0.29) is 117 Å². The average molecular weight is 363 g/mol. The third-order valence-corrected chi connectivity index (χ3v) is 0. The standard InChI is InChI=1S/6CN.Fe.HNO2.3Na.2H2O/c6*1-2;;2-1-3;;;;;/h;;;;;;;(H,2,3);;;;2*1H2/q6*-1;+6;;;;+1;;/p-1. The Bertz CT molecular complexity index is 152. The molecule has 98 valence electrons. The summed E-state index contributed by atoms with van der Waals surface area (Å²) in [5.41, 5.74) is 0. The van der Waals surface area contributed by atoms with Crippen molar-refractivity contribution >= 4 is 59.1 Å². The van der Waals surface area contributed by atoms with Gasteiger partial charge in [-0.3, -0.25) is 0 Å². The summed E-state index contributed by atoms with van der Waals surface area (Å²) in [6, 6.07) is 0. The molecule has 11 nitrogen and oxygen atoms in total. The Kier molecular flexibility index (Phi) is 73400. The number of rotatable bonds is 0. The van der Waals surface area contributed by atoms with Crippen LogP contribution < -0.4 is 29.6 Å². The zero-order valence-corrected chi connectivity index (χ0v) is 18.4. The molecule has 0 heterocycles. The van der Waals surface area contributed by atoms with Gasteiger partial charge in [-0.1, -0.05) is 0 Å². The van der Waals surface area contributed by atoms with Crippen molar-refractivity contribution in [3.63, 3.8) is 0 Å². The van der Waals surface area contributed by atoms with Crippen molar-refractivity contribution in [1.82, 2.24) is 0 Å². The van der Waals surface area contributed by atoms with Gasteiger partial charge in [-0.25, -0.2) is 0 Å². The summed E-state index contributed by atoms with van der Waals surface area (Å²) in [6.07, 6.45) is 0. The van der Waals surface area contributed by atoms with Crippen molar-refractivity contribution in [2.45, 2.75) is 0 Å². The first-order chi connectivity index (χ1) is 7.41. The molecule has 4 N–H and O–H groups in total. The average Bonchev–Trinajstić information content (AvgIpc) is 2.44. The zero-order chi connectivity index (χ0) is 14.7. The maximum atomic E-state index is 8.00. The van der Waals surface area contributed by atoms with Gasteiger partial charge in [-0.2, -0.15) is 0 Å². The van der Waals surface area contributed by atoms with E-state index in [0.717, 1.165) is 5.34 Å². The summed E-state index contributed by atoms with van der Waals surface area (Å²) in [7, 11) is 0. The zero-order valence-electron chi connectivity index (χ0n) is 11.3. The van der Waals surface area contributed by atoms with Gasteiger partial charge < -0.3 is 92.1 Å². The molecule has 0 rings (SSSR count). The SMILES string of the molecule is O.O.O=N[O-].[C-]#N.[C-]#N.[C-]#N.[C-]#N.[C-]#N.[C-]#N.[Fe+6].[Na+].[Na].[Na]. The molecule has 0 saturated heterocycles. The van der Waals surface area contributed by atoms with E-state index in [1.54, 1.807) is 0 Å². The minimum absolute atomic E-state index is 0. The van der Waals surface area contributed by atoms with Gasteiger partial charge in [0.1, 0.15) is 0 Å². The quantitative estimate of drug-likeness (QED) is 0.174. The van der Waals surface area contributed by atoms with E-state index >= 15 is 0 Å². The van der Waals surface area contributed by atoms with Gasteiger partial charge in [0.2, 0.25) is 0 Å². The van der Waals surface area contributed by atoms with Gasteiger partial charge in [0.05, 0.1) is 0 Å². The Morgan fingerprint density at radius 2 is 0.619 bits per heavy atom. The second-order valence-corrected chi connectivity index (χ2v) is 0.0745. The fraction of sp³-hybridized carbons (Fsp3) is 0. The van der Waals surface area contributed by atoms with Crippen LogP contribution in [0.2, 0.25) is 0 Å². The van der Waals surface area contributed by atoms with Crippen LogP contribution in [0.15, 0.2) is 5.34 Å². The normalized spacial score (nSPS) is 1.14. The first kappa shape index (κ1) is 134. The van der Waals surface area contributed by atoms with E-state index in [1.807, 2.05) is 0 Å². The summed E-state index contributed by atoms with van der Waals surface area (Å²) in [4.78, 5) is 8.00. The Morgan fingerprint density at radius 3 is 0.619 bits per heavy atom. The fourth-order valence-corrected chi connectivity index (χ4v) is 0. The molecule has 0 aromatic carbocycles. The molecular weight excluding hydrogens is 359 g/mol. The van der Waals surface area contributed by atoms with Crippen molar-refractivity contribution in [1.29, 1.82) is 31.6 Å². The van der Waals surface area contributed by atoms with Crippen LogP contribution in [0.3, 0.4) is 0 Å². The molecule has 2 radical (unpaired) electrons. The van der Waals surface area contributed by atoms with E-state index in [9.17, 15) is 0 Å². The molecule has 0 amide bonds. The molecule has 0 unspecified atom stereocenters. The molecule has 15 heteroatoms. The van der Waals surface area contributed by atoms with Crippen molar-refractivity contribution in [3.05, 3.63) is 49.5 Å². The van der Waals surface area contributed by atoms with Gasteiger partial charge >= 0.3 is 46.6 Å². The van der Waals surface area contributed by atoms with Crippen LogP contribution in [0.25, 0.3) is 0 Å². The second kappa shape index (κ2) is 11500. The minimum Gasteiger partial charge on any atom is -0.512 e. The Morgan fingerprint density at radius 1 is 0.619 bits per heavy atom. The van der Waals surface area contributed by atoms with Crippen LogP contribution in [-0.4, -0.2) is 70.1 Å². The van der Waals surface area contributed by atoms with E-state index < -0.39 is 0 Å². The summed E-state index contributed by atoms with van der Waals surface area (Å²) < 4.78 is 0. The molecule has 0 saturated carbocycles. The van der Waals surface area contributed by atoms with Crippen LogP contribution in [0.4, 0.5) is 0 Å². The van der Waals surface area contributed by atoms with E-state index in [4.69, 9.17) is 81.1 Å². The molecule has 0 aliphatic heterocycles. The number of hydrogen-bond acceptors (Lipinski definition) is 9. The summed E-state index contributed by atoms with van der Waals surface area (Å²) in [6.45, 7) is 28.5. The van der Waals surface area contributed by atoms with Gasteiger partial charge in [0, 0.05) is 59.1 Å². The molecule has 0 aliphatic carbocycles. The number of hydrogen-bond donors (Lipinski definition) is 0. The van der Waals surface area contributed by atoms with Gasteiger partial charge in [-0.15, -0.1) is 5.34 Å². The van der Waals surface area contributed by atoms with Crippen molar-refractivity contribution < 1.29 is 57.6 Å². The van der Waals surface area contributed by atoms with Crippen molar-refractivity contribution in [2.24, 2.45) is 5.34 Å². The molecule has 0 fully saturated rings. The molecule has 0 aliphatic rings. The van der Waals surface area contributed by atoms with Crippen LogP contribution in [-0.2, 0) is 17.1 Å². The maximum absolute atomic E-state index is 8.00. The molecular formula is C6H4FeN7Na3O4. The summed E-state index contributed by atoms with van der Waals surface area (Å²) in [5.74, 6) is 0. The Hall–Kier alpha value is -0.221. The first-order valence-corrected chi connectivity index (χ1v) is 1.71. The smallest absolute Gasteiger partial charge is 0.512 e. The molecule has 0 bridgehead atoms. The predicted octanol–water partition coefficient (Wildman–Crippen LogP) is -4.58. The number of nitrogens with zero attached hydrogens (tertiary/aromatic N) is 7. The predicted molar refractivity (Wildman–Crippen MR) is 57.7 cm³/mol. The van der Waals surface area contributed by atoms with E-state index in [1.165, 1.54) is 0 Å². The Labute approximate surface area is 200 Å². The van der Waals surface area contributed by atoms with Gasteiger partial charge in [0.25, 0.3) is 0 Å². The molecule has 21 heavy (non-hydrogen) atoms. The largest absolute Gasteiger partial charge is 6.00 e. The maximum Gasteiger partial charge on any atom is 6.00 e. The third-order valence-electron chi connectivity index (χ3n) is 0. The topological polar surface area (TPSA) is 258 Å². The monoisotopic (exact) mass is 363 g/mol. The molecule has 0 aromatic heterocycles. The molecule has 0 aromatic rings. The van der Waals surface area contributed by atoms with Crippen LogP contribution in [0.5, 0.6) is 0 Å². The van der Waals surface area contributed by atoms with Crippen molar-refractivity contribution in [2.75, 3.05) is 0 Å². The Balaban J connectivity index is -0.00000000310. The fourth-order valence-electron chi connectivity index (χ4n) is 0. The third kappa shape index (κ3) is 129000. The molecule has 0 atom stereocenters. The van der Waals surface area contributed by atoms with Crippen LogP contribution in [0, 0.1) is 81.1 Å². The summed E-state index contributed by atoms with van der Waals surface area (Å²) in [5, 5.41) is 46.5. The first-order valence-electron chi connectivity index (χ1n) is 1.71. The summed E-state index contributed by atoms with van der Waals surface area (Å²) >= 11 is 0. The van der Waals surface area contributed by atoms with Gasteiger partial charge in [-0.05, 0) is 0 Å². The van der Waals surface area contributed by atoms with Crippen molar-refractivity contribution in [3.8, 4) is 0 Å². The van der Waals surface area contributed by atoms with E-state index in [0.29, 0.717) is 0 Å².